The molecule has 0 saturated carbocycles. The van der Waals surface area contributed by atoms with E-state index in [1.807, 2.05) is 43.3 Å². The van der Waals surface area contributed by atoms with Crippen molar-refractivity contribution < 1.29 is 13.2 Å². The number of nitrogens with zero attached hydrogens (tertiary/aromatic N) is 3. The van der Waals surface area contributed by atoms with E-state index in [9.17, 15) is 13.2 Å². The Kier molecular flexibility index (Phi) is 6.50. The van der Waals surface area contributed by atoms with E-state index in [2.05, 4.69) is 20.2 Å². The molecule has 4 rings (SSSR count). The molecule has 33 heavy (non-hydrogen) atoms. The quantitative estimate of drug-likeness (QED) is 0.417. The Bertz CT molecular complexity index is 1320. The second-order valence-corrected chi connectivity index (χ2v) is 9.20. The first-order valence-corrected chi connectivity index (χ1v) is 11.8. The van der Waals surface area contributed by atoms with Gasteiger partial charge in [0.25, 0.3) is 15.9 Å². The fourth-order valence-corrected chi connectivity index (χ4v) is 4.51. The molecular weight excluding hydrogens is 438 g/mol. The lowest BCUT2D eigenvalue weighted by Crippen LogP contribution is -2.32. The molecule has 8 nitrogen and oxygen atoms in total. The lowest BCUT2D eigenvalue weighted by molar-refractivity contribution is 0.0931. The number of anilines is 1. The average molecular weight is 462 g/mol. The molecule has 2 N–H and O–H groups in total. The van der Waals surface area contributed by atoms with E-state index in [-0.39, 0.29) is 16.8 Å². The van der Waals surface area contributed by atoms with Gasteiger partial charge in [-0.3, -0.25) is 9.52 Å². The number of hydrogen-bond acceptors (Lipinski definition) is 5. The van der Waals surface area contributed by atoms with E-state index in [1.54, 1.807) is 48.8 Å². The van der Waals surface area contributed by atoms with Crippen LogP contribution in [0.25, 0.3) is 0 Å². The van der Waals surface area contributed by atoms with Gasteiger partial charge < -0.3 is 5.32 Å². The van der Waals surface area contributed by atoms with Crippen molar-refractivity contribution in [2.24, 2.45) is 0 Å². The van der Waals surface area contributed by atoms with Crippen LogP contribution in [0.4, 0.5) is 5.69 Å². The van der Waals surface area contributed by atoms with Crippen LogP contribution in [0.15, 0.2) is 96.2 Å². The molecule has 9 heteroatoms. The average Bonchev–Trinajstić information content (AvgIpc) is 3.33. The van der Waals surface area contributed by atoms with Gasteiger partial charge >= 0.3 is 0 Å². The Morgan fingerprint density at radius 2 is 1.64 bits per heavy atom. The van der Waals surface area contributed by atoms with E-state index in [0.29, 0.717) is 17.8 Å². The molecule has 1 heterocycles. The zero-order valence-corrected chi connectivity index (χ0v) is 18.7. The van der Waals surface area contributed by atoms with Crippen molar-refractivity contribution in [3.8, 4) is 0 Å². The van der Waals surface area contributed by atoms with Crippen molar-refractivity contribution >= 4 is 21.6 Å². The van der Waals surface area contributed by atoms with E-state index in [4.69, 9.17) is 0 Å². The molecule has 1 unspecified atom stereocenters. The lowest BCUT2D eigenvalue weighted by atomic mass is 10.1. The van der Waals surface area contributed by atoms with Gasteiger partial charge in [0.2, 0.25) is 0 Å². The highest BCUT2D eigenvalue weighted by Crippen LogP contribution is 2.19. The summed E-state index contributed by atoms with van der Waals surface area (Å²) in [5.41, 5.74) is 2.55. The van der Waals surface area contributed by atoms with E-state index in [0.717, 1.165) is 11.1 Å². The van der Waals surface area contributed by atoms with Crippen LogP contribution in [-0.2, 0) is 16.6 Å². The van der Waals surface area contributed by atoms with Crippen LogP contribution in [0, 0.1) is 6.92 Å². The molecule has 0 saturated heterocycles. The van der Waals surface area contributed by atoms with Gasteiger partial charge in [0.15, 0.2) is 0 Å². The van der Waals surface area contributed by atoms with Crippen LogP contribution in [-0.4, -0.2) is 29.3 Å². The first-order valence-electron chi connectivity index (χ1n) is 10.3. The fourth-order valence-electron chi connectivity index (χ4n) is 3.35. The number of hydrogen-bond donors (Lipinski definition) is 2. The largest absolute Gasteiger partial charge is 0.343 e. The molecule has 0 radical (unpaired) electrons. The standard InChI is InChI=1S/C24H23N5O3S/c1-18-6-5-9-22(16-18)33(31,32)28-21-12-10-20(11-13-21)24(30)27-23(17-29-25-14-15-26-29)19-7-3-2-4-8-19/h2-16,23,28H,17H2,1H3,(H,27,30). The summed E-state index contributed by atoms with van der Waals surface area (Å²) in [4.78, 5) is 14.6. The number of rotatable bonds is 8. The van der Waals surface area contributed by atoms with Gasteiger partial charge in [-0.05, 0) is 54.4 Å². The predicted molar refractivity (Wildman–Crippen MR) is 125 cm³/mol. The van der Waals surface area contributed by atoms with Crippen LogP contribution in [0.1, 0.15) is 27.5 Å². The van der Waals surface area contributed by atoms with E-state index < -0.39 is 10.0 Å². The van der Waals surface area contributed by atoms with Crippen LogP contribution >= 0.6 is 0 Å². The number of benzene rings is 3. The highest BCUT2D eigenvalue weighted by molar-refractivity contribution is 7.92. The Morgan fingerprint density at radius 3 is 2.30 bits per heavy atom. The highest BCUT2D eigenvalue weighted by Gasteiger charge is 2.18. The summed E-state index contributed by atoms with van der Waals surface area (Å²) in [6.45, 7) is 2.20. The highest BCUT2D eigenvalue weighted by atomic mass is 32.2. The maximum atomic E-state index is 12.9. The molecule has 1 aromatic heterocycles. The summed E-state index contributed by atoms with van der Waals surface area (Å²) in [6.07, 6.45) is 3.17. The molecule has 1 atom stereocenters. The van der Waals surface area contributed by atoms with Gasteiger partial charge in [0.05, 0.1) is 29.9 Å². The monoisotopic (exact) mass is 461 g/mol. The van der Waals surface area contributed by atoms with Gasteiger partial charge in [0.1, 0.15) is 0 Å². The first kappa shape index (κ1) is 22.2. The third kappa shape index (κ3) is 5.64. The minimum atomic E-state index is -3.72. The normalized spacial score (nSPS) is 12.2. The summed E-state index contributed by atoms with van der Waals surface area (Å²) in [5, 5.41) is 11.3. The van der Waals surface area contributed by atoms with Crippen molar-refractivity contribution in [1.82, 2.24) is 20.3 Å². The number of aromatic nitrogens is 3. The predicted octanol–water partition coefficient (Wildman–Crippen LogP) is 3.56. The van der Waals surface area contributed by atoms with E-state index >= 15 is 0 Å². The number of carbonyl (C=O) groups excluding carboxylic acids is 1. The Hall–Kier alpha value is -3.98. The SMILES string of the molecule is Cc1cccc(S(=O)(=O)Nc2ccc(C(=O)NC(Cn3nccn3)c3ccccc3)cc2)c1. The van der Waals surface area contributed by atoms with Crippen molar-refractivity contribution in [2.75, 3.05) is 4.72 Å². The molecule has 0 fully saturated rings. The van der Waals surface area contributed by atoms with Gasteiger partial charge in [-0.1, -0.05) is 42.5 Å². The summed E-state index contributed by atoms with van der Waals surface area (Å²) in [6, 6.07) is 22.2. The Balaban J connectivity index is 1.48. The van der Waals surface area contributed by atoms with Crippen molar-refractivity contribution in [3.05, 3.63) is 108 Å². The molecule has 3 aromatic carbocycles. The van der Waals surface area contributed by atoms with Crippen LogP contribution < -0.4 is 10.0 Å². The minimum Gasteiger partial charge on any atom is -0.343 e. The number of nitrogens with one attached hydrogen (secondary N) is 2. The van der Waals surface area contributed by atoms with Crippen molar-refractivity contribution in [3.63, 3.8) is 0 Å². The maximum Gasteiger partial charge on any atom is 0.261 e. The van der Waals surface area contributed by atoms with Crippen LogP contribution in [0.2, 0.25) is 0 Å². The second kappa shape index (κ2) is 9.66. The molecular formula is C24H23N5O3S. The number of amides is 1. The topological polar surface area (TPSA) is 106 Å². The minimum absolute atomic E-state index is 0.183. The lowest BCUT2D eigenvalue weighted by Gasteiger charge is -2.19. The van der Waals surface area contributed by atoms with Gasteiger partial charge in [-0.15, -0.1) is 0 Å². The maximum absolute atomic E-state index is 12.9. The van der Waals surface area contributed by atoms with Crippen LogP contribution in [0.3, 0.4) is 0 Å². The third-order valence-electron chi connectivity index (χ3n) is 5.02. The molecule has 1 amide bonds. The molecule has 0 aliphatic rings. The van der Waals surface area contributed by atoms with Gasteiger partial charge in [-0.2, -0.15) is 15.0 Å². The second-order valence-electron chi connectivity index (χ2n) is 7.52. The van der Waals surface area contributed by atoms with Crippen molar-refractivity contribution in [1.29, 1.82) is 0 Å². The summed E-state index contributed by atoms with van der Waals surface area (Å²) in [5.74, 6) is -0.288. The van der Waals surface area contributed by atoms with Crippen LogP contribution in [0.5, 0.6) is 0 Å². The third-order valence-corrected chi connectivity index (χ3v) is 6.40. The molecule has 0 bridgehead atoms. The molecule has 0 aliphatic heterocycles. The van der Waals surface area contributed by atoms with Gasteiger partial charge in [-0.25, -0.2) is 8.42 Å². The summed E-state index contributed by atoms with van der Waals surface area (Å²) in [7, 11) is -3.72. The number of carbonyl (C=O) groups is 1. The zero-order valence-electron chi connectivity index (χ0n) is 17.9. The Morgan fingerprint density at radius 1 is 0.939 bits per heavy atom. The Labute approximate surface area is 192 Å². The summed E-state index contributed by atoms with van der Waals surface area (Å²) >= 11 is 0. The molecule has 168 valence electrons. The first-order chi connectivity index (χ1) is 15.9. The number of sulfonamides is 1. The summed E-state index contributed by atoms with van der Waals surface area (Å²) < 4.78 is 27.8. The van der Waals surface area contributed by atoms with E-state index in [1.165, 1.54) is 10.9 Å². The van der Waals surface area contributed by atoms with Gasteiger partial charge in [0, 0.05) is 11.3 Å². The molecule has 0 spiro atoms. The smallest absolute Gasteiger partial charge is 0.261 e. The molecule has 4 aromatic rings. The number of aryl methyl sites for hydroxylation is 1. The molecule has 0 aliphatic carbocycles. The fraction of sp³-hybridized carbons (Fsp3) is 0.125. The van der Waals surface area contributed by atoms with Crippen molar-refractivity contribution in [2.45, 2.75) is 24.4 Å². The zero-order chi connectivity index (χ0) is 23.3.